The number of hydrogen-bond donors (Lipinski definition) is 0. The summed E-state index contributed by atoms with van der Waals surface area (Å²) in [6.45, 7) is 2.22. The average Bonchev–Trinajstić information content (AvgIpc) is 2.17. The highest BCUT2D eigenvalue weighted by molar-refractivity contribution is 5.55. The first-order valence-electron chi connectivity index (χ1n) is 5.33. The van der Waals surface area contributed by atoms with Gasteiger partial charge in [0, 0.05) is 7.11 Å². The van der Waals surface area contributed by atoms with Gasteiger partial charge in [-0.3, -0.25) is 0 Å². The van der Waals surface area contributed by atoms with Crippen LogP contribution in [-0.4, -0.2) is 19.5 Å². The summed E-state index contributed by atoms with van der Waals surface area (Å²) in [5, 5.41) is 0. The maximum Gasteiger partial charge on any atom is 0.148 e. The molecule has 0 amide bonds. The van der Waals surface area contributed by atoms with Gasteiger partial charge in [-0.15, -0.1) is 0 Å². The Hall–Kier alpha value is -0.370. The molecule has 0 spiro atoms. The fourth-order valence-electron chi connectivity index (χ4n) is 1.37. The van der Waals surface area contributed by atoms with Gasteiger partial charge in [-0.05, 0) is 6.42 Å². The summed E-state index contributed by atoms with van der Waals surface area (Å²) in [4.78, 5) is 10.4. The molecule has 0 heterocycles. The quantitative estimate of drug-likeness (QED) is 0.409. The zero-order valence-electron chi connectivity index (χ0n) is 8.92. The van der Waals surface area contributed by atoms with E-state index in [2.05, 4.69) is 6.92 Å². The predicted molar refractivity (Wildman–Crippen MR) is 54.9 cm³/mol. The number of carbonyl (C=O) groups is 1. The Morgan fingerprint density at radius 2 is 1.77 bits per heavy atom. The molecule has 0 saturated heterocycles. The molecule has 1 unspecified atom stereocenters. The molecule has 0 aliphatic rings. The predicted octanol–water partition coefficient (Wildman–Crippen LogP) is 2.95. The van der Waals surface area contributed by atoms with Crippen molar-refractivity contribution in [3.8, 4) is 0 Å². The van der Waals surface area contributed by atoms with Crippen molar-refractivity contribution in [1.29, 1.82) is 0 Å². The summed E-state index contributed by atoms with van der Waals surface area (Å²) in [7, 11) is 1.59. The van der Waals surface area contributed by atoms with Crippen LogP contribution < -0.4 is 0 Å². The van der Waals surface area contributed by atoms with Gasteiger partial charge >= 0.3 is 0 Å². The molecule has 1 atom stereocenters. The minimum Gasteiger partial charge on any atom is -0.374 e. The molecule has 2 heteroatoms. The van der Waals surface area contributed by atoms with E-state index in [9.17, 15) is 4.79 Å². The van der Waals surface area contributed by atoms with Crippen molar-refractivity contribution in [2.24, 2.45) is 0 Å². The largest absolute Gasteiger partial charge is 0.374 e. The van der Waals surface area contributed by atoms with Crippen molar-refractivity contribution in [3.05, 3.63) is 0 Å². The molecule has 0 aliphatic heterocycles. The second kappa shape index (κ2) is 9.72. The first kappa shape index (κ1) is 12.6. The van der Waals surface area contributed by atoms with E-state index >= 15 is 0 Å². The molecule has 0 aromatic carbocycles. The van der Waals surface area contributed by atoms with E-state index in [1.54, 1.807) is 7.11 Å². The topological polar surface area (TPSA) is 26.3 Å². The molecule has 0 aromatic heterocycles. The molecule has 0 N–H and O–H groups in total. The maximum absolute atomic E-state index is 10.4. The summed E-state index contributed by atoms with van der Waals surface area (Å²) in [6, 6.07) is 0. The Morgan fingerprint density at radius 3 is 2.31 bits per heavy atom. The number of ether oxygens (including phenoxy) is 1. The first-order valence-corrected chi connectivity index (χ1v) is 5.33. The third kappa shape index (κ3) is 7.97. The molecule has 0 rings (SSSR count). The fraction of sp³-hybridized carbons (Fsp3) is 0.909. The lowest BCUT2D eigenvalue weighted by atomic mass is 10.1. The van der Waals surface area contributed by atoms with E-state index in [0.717, 1.165) is 19.1 Å². The normalized spacial score (nSPS) is 12.8. The van der Waals surface area contributed by atoms with Crippen molar-refractivity contribution in [3.63, 3.8) is 0 Å². The van der Waals surface area contributed by atoms with Crippen LogP contribution in [0.15, 0.2) is 0 Å². The van der Waals surface area contributed by atoms with Crippen LogP contribution in [0.25, 0.3) is 0 Å². The van der Waals surface area contributed by atoms with Crippen molar-refractivity contribution in [1.82, 2.24) is 0 Å². The van der Waals surface area contributed by atoms with Gasteiger partial charge in [-0.2, -0.15) is 0 Å². The summed E-state index contributed by atoms with van der Waals surface area (Å²) in [5.74, 6) is 0. The lowest BCUT2D eigenvalue weighted by Gasteiger charge is -2.06. The van der Waals surface area contributed by atoms with Crippen molar-refractivity contribution >= 4 is 6.29 Å². The van der Waals surface area contributed by atoms with Crippen LogP contribution in [-0.2, 0) is 9.53 Å². The van der Waals surface area contributed by atoms with E-state index in [0.29, 0.717) is 0 Å². The van der Waals surface area contributed by atoms with Crippen LogP contribution in [0, 0.1) is 0 Å². The van der Waals surface area contributed by atoms with Gasteiger partial charge in [0.15, 0.2) is 0 Å². The zero-order valence-corrected chi connectivity index (χ0v) is 8.92. The van der Waals surface area contributed by atoms with Gasteiger partial charge in [0.1, 0.15) is 12.4 Å². The minimum atomic E-state index is -0.175. The number of hydrogen-bond acceptors (Lipinski definition) is 2. The molecular formula is C11H22O2. The zero-order chi connectivity index (χ0) is 9.94. The molecule has 0 saturated carbocycles. The number of aldehydes is 1. The molecule has 78 valence electrons. The van der Waals surface area contributed by atoms with Gasteiger partial charge in [-0.25, -0.2) is 0 Å². The monoisotopic (exact) mass is 186 g/mol. The van der Waals surface area contributed by atoms with Crippen molar-refractivity contribution in [2.45, 2.75) is 58.0 Å². The van der Waals surface area contributed by atoms with Gasteiger partial charge < -0.3 is 9.53 Å². The van der Waals surface area contributed by atoms with Crippen LogP contribution in [0.2, 0.25) is 0 Å². The number of methoxy groups -OCH3 is 1. The van der Waals surface area contributed by atoms with Crippen LogP contribution >= 0.6 is 0 Å². The van der Waals surface area contributed by atoms with E-state index in [1.165, 1.54) is 32.1 Å². The second-order valence-electron chi connectivity index (χ2n) is 3.47. The van der Waals surface area contributed by atoms with Crippen molar-refractivity contribution < 1.29 is 9.53 Å². The van der Waals surface area contributed by atoms with Crippen LogP contribution in [0.1, 0.15) is 51.9 Å². The molecule has 2 nitrogen and oxygen atoms in total. The van der Waals surface area contributed by atoms with Gasteiger partial charge in [0.25, 0.3) is 0 Å². The van der Waals surface area contributed by atoms with Gasteiger partial charge in [0.05, 0.1) is 0 Å². The maximum atomic E-state index is 10.4. The number of carbonyl (C=O) groups excluding carboxylic acids is 1. The third-order valence-electron chi connectivity index (χ3n) is 2.30. The molecule has 13 heavy (non-hydrogen) atoms. The van der Waals surface area contributed by atoms with Gasteiger partial charge in [0.2, 0.25) is 0 Å². The van der Waals surface area contributed by atoms with E-state index in [4.69, 9.17) is 4.74 Å². The Morgan fingerprint density at radius 1 is 1.15 bits per heavy atom. The van der Waals surface area contributed by atoms with E-state index in [-0.39, 0.29) is 6.10 Å². The molecule has 0 fully saturated rings. The smallest absolute Gasteiger partial charge is 0.148 e. The van der Waals surface area contributed by atoms with Crippen LogP contribution in [0.5, 0.6) is 0 Å². The molecule has 0 radical (unpaired) electrons. The SMILES string of the molecule is CCCCCCCCC(C=O)OC. The average molecular weight is 186 g/mol. The fourth-order valence-corrected chi connectivity index (χ4v) is 1.37. The highest BCUT2D eigenvalue weighted by atomic mass is 16.5. The molecule has 0 aliphatic carbocycles. The highest BCUT2D eigenvalue weighted by Gasteiger charge is 2.03. The summed E-state index contributed by atoms with van der Waals surface area (Å²) >= 11 is 0. The first-order chi connectivity index (χ1) is 6.35. The highest BCUT2D eigenvalue weighted by Crippen LogP contribution is 2.08. The van der Waals surface area contributed by atoms with Gasteiger partial charge in [-0.1, -0.05) is 45.4 Å². The molecular weight excluding hydrogens is 164 g/mol. The summed E-state index contributed by atoms with van der Waals surface area (Å²) in [5.41, 5.74) is 0. The van der Waals surface area contributed by atoms with E-state index < -0.39 is 0 Å². The Kier molecular flexibility index (Phi) is 9.44. The second-order valence-corrected chi connectivity index (χ2v) is 3.47. The summed E-state index contributed by atoms with van der Waals surface area (Å²) in [6.07, 6.45) is 9.19. The lowest BCUT2D eigenvalue weighted by Crippen LogP contribution is -2.11. The van der Waals surface area contributed by atoms with Crippen LogP contribution in [0.3, 0.4) is 0 Å². The minimum absolute atomic E-state index is 0.175. The molecule has 0 aromatic rings. The molecule has 0 bridgehead atoms. The Bertz CT molecular complexity index is 113. The third-order valence-corrected chi connectivity index (χ3v) is 2.30. The lowest BCUT2D eigenvalue weighted by molar-refractivity contribution is -0.116. The summed E-state index contributed by atoms with van der Waals surface area (Å²) < 4.78 is 4.96. The standard InChI is InChI=1S/C11H22O2/c1-3-4-5-6-7-8-9-11(10-12)13-2/h10-11H,3-9H2,1-2H3. The Labute approximate surface area is 81.7 Å². The number of rotatable bonds is 9. The number of unbranched alkanes of at least 4 members (excludes halogenated alkanes) is 5. The van der Waals surface area contributed by atoms with Crippen molar-refractivity contribution in [2.75, 3.05) is 7.11 Å². The Balaban J connectivity index is 3.10. The van der Waals surface area contributed by atoms with Crippen LogP contribution in [0.4, 0.5) is 0 Å². The van der Waals surface area contributed by atoms with E-state index in [1.807, 2.05) is 0 Å².